The summed E-state index contributed by atoms with van der Waals surface area (Å²) in [6.45, 7) is 3.19. The van der Waals surface area contributed by atoms with Crippen LogP contribution in [-0.4, -0.2) is 26.9 Å². The first-order valence-corrected chi connectivity index (χ1v) is 6.29. The van der Waals surface area contributed by atoms with E-state index in [2.05, 4.69) is 10.4 Å². The number of hydrogen-bond acceptors (Lipinski definition) is 3. The zero-order valence-electron chi connectivity index (χ0n) is 11.1. The first-order chi connectivity index (χ1) is 9.56. The smallest absolute Gasteiger partial charge is 0.338 e. The van der Waals surface area contributed by atoms with Crippen molar-refractivity contribution in [1.82, 2.24) is 15.1 Å². The molecule has 5 nitrogen and oxygen atoms in total. The average molecular weight is 277 g/mol. The number of aromatic carboxylic acids is 1. The Morgan fingerprint density at radius 2 is 2.35 bits per heavy atom. The molecule has 0 aliphatic carbocycles. The lowest BCUT2D eigenvalue weighted by Gasteiger charge is -2.14. The van der Waals surface area contributed by atoms with Crippen molar-refractivity contribution in [2.24, 2.45) is 0 Å². The minimum atomic E-state index is -1.26. The lowest BCUT2D eigenvalue weighted by atomic mass is 10.1. The van der Waals surface area contributed by atoms with Gasteiger partial charge >= 0.3 is 5.97 Å². The molecule has 2 rings (SSSR count). The molecule has 1 atom stereocenters. The van der Waals surface area contributed by atoms with Crippen LogP contribution >= 0.6 is 0 Å². The van der Waals surface area contributed by atoms with E-state index in [1.165, 1.54) is 12.1 Å². The van der Waals surface area contributed by atoms with E-state index in [0.29, 0.717) is 18.7 Å². The maximum Gasteiger partial charge on any atom is 0.338 e. The summed E-state index contributed by atoms with van der Waals surface area (Å²) in [7, 11) is 0. The van der Waals surface area contributed by atoms with Crippen molar-refractivity contribution < 1.29 is 14.3 Å². The summed E-state index contributed by atoms with van der Waals surface area (Å²) in [6.07, 6.45) is 3.59. The Bertz CT molecular complexity index is 584. The van der Waals surface area contributed by atoms with Crippen molar-refractivity contribution in [3.63, 3.8) is 0 Å². The summed E-state index contributed by atoms with van der Waals surface area (Å²) in [5.41, 5.74) is 0.401. The highest BCUT2D eigenvalue weighted by atomic mass is 19.1. The molecule has 0 radical (unpaired) electrons. The Morgan fingerprint density at radius 1 is 1.55 bits per heavy atom. The van der Waals surface area contributed by atoms with Crippen LogP contribution in [-0.2, 0) is 13.1 Å². The van der Waals surface area contributed by atoms with Crippen LogP contribution < -0.4 is 5.32 Å². The highest BCUT2D eigenvalue weighted by molar-refractivity contribution is 5.87. The van der Waals surface area contributed by atoms with Gasteiger partial charge in [-0.05, 0) is 30.7 Å². The Morgan fingerprint density at radius 3 is 2.95 bits per heavy atom. The van der Waals surface area contributed by atoms with Gasteiger partial charge in [-0.1, -0.05) is 6.07 Å². The molecule has 2 N–H and O–H groups in total. The normalized spacial score (nSPS) is 12.3. The van der Waals surface area contributed by atoms with Gasteiger partial charge in [-0.3, -0.25) is 4.68 Å². The molecular formula is C14H16FN3O2. The van der Waals surface area contributed by atoms with Gasteiger partial charge in [0.25, 0.3) is 0 Å². The van der Waals surface area contributed by atoms with Crippen molar-refractivity contribution in [1.29, 1.82) is 0 Å². The second-order valence-electron chi connectivity index (χ2n) is 4.63. The molecule has 0 amide bonds. The molecule has 0 saturated carbocycles. The standard InChI is InChI=1S/C14H16FN3O2/c1-10(9-18-6-2-5-17-18)16-8-11-3-4-12(14(19)20)13(15)7-11/h2-7,10,16H,8-9H2,1H3,(H,19,20). The van der Waals surface area contributed by atoms with Crippen molar-refractivity contribution in [3.8, 4) is 0 Å². The first kappa shape index (κ1) is 14.2. The van der Waals surface area contributed by atoms with Crippen LogP contribution in [0.25, 0.3) is 0 Å². The number of carboxylic acid groups (broad SMARTS) is 1. The molecule has 106 valence electrons. The number of rotatable bonds is 6. The number of carbonyl (C=O) groups is 1. The fourth-order valence-electron chi connectivity index (χ4n) is 1.89. The maximum absolute atomic E-state index is 13.5. The molecule has 6 heteroatoms. The Hall–Kier alpha value is -2.21. The first-order valence-electron chi connectivity index (χ1n) is 6.29. The van der Waals surface area contributed by atoms with Crippen molar-refractivity contribution in [3.05, 3.63) is 53.6 Å². The molecule has 1 unspecified atom stereocenters. The quantitative estimate of drug-likeness (QED) is 0.846. The third-order valence-electron chi connectivity index (χ3n) is 2.94. The van der Waals surface area contributed by atoms with Crippen molar-refractivity contribution >= 4 is 5.97 Å². The third kappa shape index (κ3) is 3.64. The van der Waals surface area contributed by atoms with E-state index in [9.17, 15) is 9.18 Å². The topological polar surface area (TPSA) is 67.2 Å². The van der Waals surface area contributed by atoms with E-state index in [-0.39, 0.29) is 11.6 Å². The fraction of sp³-hybridized carbons (Fsp3) is 0.286. The summed E-state index contributed by atoms with van der Waals surface area (Å²) in [4.78, 5) is 10.7. The van der Waals surface area contributed by atoms with E-state index in [1.807, 2.05) is 23.9 Å². The van der Waals surface area contributed by atoms with Crippen LogP contribution in [0.2, 0.25) is 0 Å². The lowest BCUT2D eigenvalue weighted by Crippen LogP contribution is -2.30. The number of halogens is 1. The number of aromatic nitrogens is 2. The summed E-state index contributed by atoms with van der Waals surface area (Å²) in [6, 6.07) is 6.16. The number of nitrogens with one attached hydrogen (secondary N) is 1. The van der Waals surface area contributed by atoms with Crippen molar-refractivity contribution in [2.75, 3.05) is 0 Å². The average Bonchev–Trinajstić information content (AvgIpc) is 2.89. The SMILES string of the molecule is CC(Cn1cccn1)NCc1ccc(C(=O)O)c(F)c1. The zero-order chi connectivity index (χ0) is 14.5. The van der Waals surface area contributed by atoms with Gasteiger partial charge in [0, 0.05) is 25.0 Å². The van der Waals surface area contributed by atoms with E-state index < -0.39 is 11.8 Å². The molecule has 0 saturated heterocycles. The maximum atomic E-state index is 13.5. The minimum Gasteiger partial charge on any atom is -0.478 e. The molecule has 1 aromatic heterocycles. The lowest BCUT2D eigenvalue weighted by molar-refractivity contribution is 0.0692. The van der Waals surface area contributed by atoms with Gasteiger partial charge in [-0.25, -0.2) is 9.18 Å². The fourth-order valence-corrected chi connectivity index (χ4v) is 1.89. The largest absolute Gasteiger partial charge is 0.478 e. The van der Waals surface area contributed by atoms with Gasteiger partial charge in [0.1, 0.15) is 5.82 Å². The van der Waals surface area contributed by atoms with Gasteiger partial charge in [-0.2, -0.15) is 5.10 Å². The van der Waals surface area contributed by atoms with Crippen LogP contribution in [0, 0.1) is 5.82 Å². The number of hydrogen-bond donors (Lipinski definition) is 2. The molecule has 20 heavy (non-hydrogen) atoms. The predicted octanol–water partition coefficient (Wildman–Crippen LogP) is 1.90. The third-order valence-corrected chi connectivity index (χ3v) is 2.94. The number of benzene rings is 1. The zero-order valence-corrected chi connectivity index (χ0v) is 11.1. The molecule has 0 aliphatic heterocycles. The van der Waals surface area contributed by atoms with E-state index in [0.717, 1.165) is 0 Å². The molecule has 0 aliphatic rings. The second-order valence-corrected chi connectivity index (χ2v) is 4.63. The summed E-state index contributed by atoms with van der Waals surface area (Å²) < 4.78 is 15.3. The molecule has 1 heterocycles. The molecule has 2 aromatic rings. The van der Waals surface area contributed by atoms with Gasteiger partial charge in [-0.15, -0.1) is 0 Å². The molecular weight excluding hydrogens is 261 g/mol. The monoisotopic (exact) mass is 277 g/mol. The van der Waals surface area contributed by atoms with E-state index in [4.69, 9.17) is 5.11 Å². The highest BCUT2D eigenvalue weighted by Crippen LogP contribution is 2.10. The van der Waals surface area contributed by atoms with E-state index >= 15 is 0 Å². The summed E-state index contributed by atoms with van der Waals surface area (Å²) in [5.74, 6) is -1.97. The van der Waals surface area contributed by atoms with Gasteiger partial charge in [0.2, 0.25) is 0 Å². The summed E-state index contributed by atoms with van der Waals surface area (Å²) in [5, 5.41) is 16.1. The summed E-state index contributed by atoms with van der Waals surface area (Å²) >= 11 is 0. The van der Waals surface area contributed by atoms with Gasteiger partial charge < -0.3 is 10.4 Å². The van der Waals surface area contributed by atoms with E-state index in [1.54, 1.807) is 12.3 Å². The molecule has 1 aromatic carbocycles. The molecule has 0 bridgehead atoms. The van der Waals surface area contributed by atoms with Crippen LogP contribution in [0.4, 0.5) is 4.39 Å². The van der Waals surface area contributed by atoms with Gasteiger partial charge in [0.05, 0.1) is 12.1 Å². The minimum absolute atomic E-state index is 0.164. The van der Waals surface area contributed by atoms with Crippen LogP contribution in [0.3, 0.4) is 0 Å². The predicted molar refractivity (Wildman–Crippen MR) is 71.9 cm³/mol. The van der Waals surface area contributed by atoms with Crippen LogP contribution in [0.15, 0.2) is 36.7 Å². The van der Waals surface area contributed by atoms with Crippen LogP contribution in [0.1, 0.15) is 22.8 Å². The van der Waals surface area contributed by atoms with Gasteiger partial charge in [0.15, 0.2) is 0 Å². The second kappa shape index (κ2) is 6.29. The Labute approximate surface area is 116 Å². The number of carboxylic acids is 1. The highest BCUT2D eigenvalue weighted by Gasteiger charge is 2.10. The molecule has 0 fully saturated rings. The Balaban J connectivity index is 1.90. The van der Waals surface area contributed by atoms with Crippen LogP contribution in [0.5, 0.6) is 0 Å². The number of nitrogens with zero attached hydrogens (tertiary/aromatic N) is 2. The van der Waals surface area contributed by atoms with Crippen molar-refractivity contribution in [2.45, 2.75) is 26.1 Å². The molecule has 0 spiro atoms. The Kier molecular flexibility index (Phi) is 4.47.